The van der Waals surface area contributed by atoms with Gasteiger partial charge in [-0.15, -0.1) is 0 Å². The maximum atomic E-state index is 13.4. The third kappa shape index (κ3) is 15.2. The summed E-state index contributed by atoms with van der Waals surface area (Å²) in [4.78, 5) is 79.2. The van der Waals surface area contributed by atoms with E-state index in [4.69, 9.17) is 17.2 Å². The maximum absolute atomic E-state index is 13.4. The Morgan fingerprint density at radius 1 is 0.738 bits per heavy atom. The second-order valence-electron chi connectivity index (χ2n) is 10.7. The van der Waals surface area contributed by atoms with E-state index in [1.807, 2.05) is 13.8 Å². The van der Waals surface area contributed by atoms with Crippen LogP contribution in [0.4, 0.5) is 0 Å². The summed E-state index contributed by atoms with van der Waals surface area (Å²) < 4.78 is 0. The minimum Gasteiger partial charge on any atom is -0.370 e. The number of aliphatic imine (C=N–C) groups is 1. The molecule has 0 fully saturated rings. The number of carbonyl (C=O) groups excluding carboxylic acids is 6. The van der Waals surface area contributed by atoms with E-state index in [0.717, 1.165) is 6.42 Å². The van der Waals surface area contributed by atoms with Gasteiger partial charge in [0.05, 0.1) is 6.54 Å². The van der Waals surface area contributed by atoms with E-state index < -0.39 is 59.6 Å². The number of guanidine groups is 1. The zero-order valence-electron chi connectivity index (χ0n) is 25.7. The topological polar surface area (TPSA) is 253 Å². The van der Waals surface area contributed by atoms with Gasteiger partial charge in [-0.3, -0.25) is 33.8 Å². The molecule has 6 amide bonds. The third-order valence-corrected chi connectivity index (χ3v) is 6.64. The number of amides is 6. The molecule has 15 heteroatoms. The number of nitrogens with zero attached hydrogens (tertiary/aromatic N) is 1. The summed E-state index contributed by atoms with van der Waals surface area (Å²) in [6, 6.07) is -4.01. The molecule has 0 aromatic carbocycles. The fraction of sp³-hybridized carbons (Fsp3) is 0.741. The Morgan fingerprint density at radius 3 is 1.76 bits per heavy atom. The van der Waals surface area contributed by atoms with Crippen LogP contribution >= 0.6 is 0 Å². The molecule has 0 rings (SSSR count). The molecule has 0 bridgehead atoms. The number of hydrogen-bond donors (Lipinski definition) is 8. The Kier molecular flexibility index (Phi) is 18.2. The van der Waals surface area contributed by atoms with Crippen molar-refractivity contribution in [2.45, 2.75) is 104 Å². The molecule has 0 saturated carbocycles. The van der Waals surface area contributed by atoms with Crippen molar-refractivity contribution in [2.75, 3.05) is 13.1 Å². The predicted octanol–water partition coefficient (Wildman–Crippen LogP) is -1.51. The van der Waals surface area contributed by atoms with E-state index in [9.17, 15) is 28.8 Å². The summed E-state index contributed by atoms with van der Waals surface area (Å²) in [5.41, 5.74) is 16.3. The van der Waals surface area contributed by atoms with Gasteiger partial charge in [-0.2, -0.15) is 0 Å². The van der Waals surface area contributed by atoms with E-state index in [2.05, 4.69) is 31.6 Å². The Bertz CT molecular complexity index is 952. The van der Waals surface area contributed by atoms with Crippen LogP contribution in [0, 0.1) is 11.8 Å². The van der Waals surface area contributed by atoms with Gasteiger partial charge < -0.3 is 43.8 Å². The van der Waals surface area contributed by atoms with E-state index in [1.165, 1.54) is 6.92 Å². The molecule has 5 atom stereocenters. The predicted molar refractivity (Wildman–Crippen MR) is 159 cm³/mol. The largest absolute Gasteiger partial charge is 0.370 e. The monoisotopic (exact) mass is 597 g/mol. The Morgan fingerprint density at radius 2 is 1.29 bits per heavy atom. The summed E-state index contributed by atoms with van der Waals surface area (Å²) in [6.45, 7) is 10.2. The van der Waals surface area contributed by atoms with Gasteiger partial charge in [0, 0.05) is 13.5 Å². The number of nitrogens with one attached hydrogen (secondary N) is 5. The molecule has 0 unspecified atom stereocenters. The van der Waals surface area contributed by atoms with Crippen LogP contribution in [-0.2, 0) is 28.8 Å². The molecule has 0 saturated heterocycles. The second kappa shape index (κ2) is 20.0. The normalized spacial score (nSPS) is 14.4. The third-order valence-electron chi connectivity index (χ3n) is 6.64. The standard InChI is InChI=1S/C27H51N9O6/c1-7-9-11-18(34-26(42)21(15(3)4)35-20(38)14-32-17(6)37)24(40)33-19(12-10-13-31-27(29)30)25(41)36-22(23(28)39)16(5)8-2/h15-16,18-19,21-22H,7-14H2,1-6H3,(H2,28,39)(H,32,37)(H,33,40)(H,34,42)(H,35,38)(H,36,41)(H4,29,30,31)/t16-,18-,19-,21-,22-/m0/s1. The lowest BCUT2D eigenvalue weighted by Gasteiger charge is -2.28. The molecule has 42 heavy (non-hydrogen) atoms. The van der Waals surface area contributed by atoms with E-state index >= 15 is 0 Å². The quantitative estimate of drug-likeness (QED) is 0.0464. The summed E-state index contributed by atoms with van der Waals surface area (Å²) in [5, 5.41) is 13.0. The van der Waals surface area contributed by atoms with Crippen LogP contribution in [0.3, 0.4) is 0 Å². The first-order chi connectivity index (χ1) is 19.6. The van der Waals surface area contributed by atoms with E-state index in [1.54, 1.807) is 20.8 Å². The highest BCUT2D eigenvalue weighted by atomic mass is 16.2. The van der Waals surface area contributed by atoms with Crippen molar-refractivity contribution in [1.82, 2.24) is 26.6 Å². The fourth-order valence-electron chi connectivity index (χ4n) is 3.93. The highest BCUT2D eigenvalue weighted by Crippen LogP contribution is 2.10. The van der Waals surface area contributed by atoms with Crippen LogP contribution in [0.15, 0.2) is 4.99 Å². The van der Waals surface area contributed by atoms with Gasteiger partial charge in [-0.05, 0) is 31.1 Å². The Labute approximate surface area is 248 Å². The van der Waals surface area contributed by atoms with Crippen molar-refractivity contribution in [1.29, 1.82) is 0 Å². The number of rotatable bonds is 20. The smallest absolute Gasteiger partial charge is 0.243 e. The molecule has 0 aromatic rings. The molecule has 0 radical (unpaired) electrons. The molecule has 0 heterocycles. The number of primary amides is 1. The first kappa shape index (κ1) is 38.1. The van der Waals surface area contributed by atoms with Crippen LogP contribution in [0.1, 0.15) is 80.1 Å². The van der Waals surface area contributed by atoms with Gasteiger partial charge in [0.25, 0.3) is 0 Å². The van der Waals surface area contributed by atoms with Crippen molar-refractivity contribution in [3.8, 4) is 0 Å². The van der Waals surface area contributed by atoms with Crippen LogP contribution < -0.4 is 43.8 Å². The summed E-state index contributed by atoms with van der Waals surface area (Å²) in [7, 11) is 0. The Hall–Kier alpha value is -3.91. The van der Waals surface area contributed by atoms with Gasteiger partial charge >= 0.3 is 0 Å². The zero-order valence-corrected chi connectivity index (χ0v) is 25.7. The molecule has 0 aliphatic heterocycles. The van der Waals surface area contributed by atoms with Crippen LogP contribution in [0.5, 0.6) is 0 Å². The Balaban J connectivity index is 5.86. The maximum Gasteiger partial charge on any atom is 0.243 e. The van der Waals surface area contributed by atoms with Crippen molar-refractivity contribution < 1.29 is 28.8 Å². The zero-order chi connectivity index (χ0) is 32.4. The first-order valence-electron chi connectivity index (χ1n) is 14.4. The fourth-order valence-corrected chi connectivity index (χ4v) is 3.93. The van der Waals surface area contributed by atoms with Crippen molar-refractivity contribution in [3.63, 3.8) is 0 Å². The molecular formula is C27H51N9O6. The van der Waals surface area contributed by atoms with Gasteiger partial charge in [0.15, 0.2) is 5.96 Å². The minimum absolute atomic E-state index is 0.114. The molecule has 15 nitrogen and oxygen atoms in total. The molecule has 0 aliphatic carbocycles. The van der Waals surface area contributed by atoms with Crippen LogP contribution in [-0.4, -0.2) is 78.7 Å². The SMILES string of the molecule is CCCC[C@H](NC(=O)[C@@H](NC(=O)CNC(C)=O)C(C)C)C(=O)N[C@@H](CCCN=C(N)N)C(=O)N[C@H](C(N)=O)[C@@H](C)CC. The lowest BCUT2D eigenvalue weighted by atomic mass is 9.97. The van der Waals surface area contributed by atoms with Gasteiger partial charge in [0.2, 0.25) is 35.4 Å². The number of unbranched alkanes of at least 4 members (excludes halogenated alkanes) is 1. The van der Waals surface area contributed by atoms with Crippen molar-refractivity contribution in [2.24, 2.45) is 34.0 Å². The molecule has 240 valence electrons. The van der Waals surface area contributed by atoms with Crippen molar-refractivity contribution >= 4 is 41.4 Å². The lowest BCUT2D eigenvalue weighted by Crippen LogP contribution is -2.59. The van der Waals surface area contributed by atoms with Crippen LogP contribution in [0.25, 0.3) is 0 Å². The van der Waals surface area contributed by atoms with E-state index in [0.29, 0.717) is 19.3 Å². The average molecular weight is 598 g/mol. The summed E-state index contributed by atoms with van der Waals surface area (Å²) in [6.07, 6.45) is 2.67. The van der Waals surface area contributed by atoms with Gasteiger partial charge in [-0.1, -0.05) is 53.9 Å². The second-order valence-corrected chi connectivity index (χ2v) is 10.7. The molecule has 0 aromatic heterocycles. The molecular weight excluding hydrogens is 546 g/mol. The minimum atomic E-state index is -1.07. The average Bonchev–Trinajstić information content (AvgIpc) is 2.91. The van der Waals surface area contributed by atoms with Crippen molar-refractivity contribution in [3.05, 3.63) is 0 Å². The van der Waals surface area contributed by atoms with Crippen LogP contribution in [0.2, 0.25) is 0 Å². The first-order valence-corrected chi connectivity index (χ1v) is 14.4. The highest BCUT2D eigenvalue weighted by Gasteiger charge is 2.32. The number of carbonyl (C=O) groups is 6. The number of hydrogen-bond acceptors (Lipinski definition) is 7. The number of nitrogens with two attached hydrogens (primary N) is 3. The van der Waals surface area contributed by atoms with E-state index in [-0.39, 0.29) is 43.7 Å². The van der Waals surface area contributed by atoms with Gasteiger partial charge in [0.1, 0.15) is 24.2 Å². The summed E-state index contributed by atoms with van der Waals surface area (Å²) in [5.74, 6) is -4.14. The molecule has 0 spiro atoms. The molecule has 0 aliphatic rings. The highest BCUT2D eigenvalue weighted by molar-refractivity contribution is 5.95. The lowest BCUT2D eigenvalue weighted by molar-refractivity contribution is -0.135. The summed E-state index contributed by atoms with van der Waals surface area (Å²) >= 11 is 0. The molecule has 11 N–H and O–H groups in total. The van der Waals surface area contributed by atoms with Gasteiger partial charge in [-0.25, -0.2) is 0 Å².